The number of thiazole rings is 1. The third-order valence-electron chi connectivity index (χ3n) is 4.74. The first-order chi connectivity index (χ1) is 14.6. The van der Waals surface area contributed by atoms with Crippen LogP contribution in [0, 0.1) is 0 Å². The fraction of sp³-hybridized carbons (Fsp3) is 0.227. The lowest BCUT2D eigenvalue weighted by Gasteiger charge is -2.13. The summed E-state index contributed by atoms with van der Waals surface area (Å²) in [5.41, 5.74) is 1.96. The van der Waals surface area contributed by atoms with Gasteiger partial charge in [-0.15, -0.1) is 11.3 Å². The van der Waals surface area contributed by atoms with Crippen molar-refractivity contribution >= 4 is 40.4 Å². The molecule has 2 heterocycles. The Morgan fingerprint density at radius 1 is 1.17 bits per heavy atom. The molecular weight excluding hydrogens is 422 g/mol. The zero-order chi connectivity index (χ0) is 20.9. The van der Waals surface area contributed by atoms with Crippen molar-refractivity contribution in [3.8, 4) is 10.6 Å². The smallest absolute Gasteiger partial charge is 0.275 e. The molecule has 0 bridgehead atoms. The molecule has 154 valence electrons. The molecule has 6 nitrogen and oxygen atoms in total. The molecule has 2 amide bonds. The summed E-state index contributed by atoms with van der Waals surface area (Å²) in [7, 11) is 0. The average Bonchev–Trinajstić information content (AvgIpc) is 3.45. The van der Waals surface area contributed by atoms with Crippen LogP contribution in [0.5, 0.6) is 0 Å². The van der Waals surface area contributed by atoms with Gasteiger partial charge >= 0.3 is 0 Å². The van der Waals surface area contributed by atoms with Crippen LogP contribution in [0.15, 0.2) is 53.9 Å². The van der Waals surface area contributed by atoms with E-state index in [4.69, 9.17) is 16.3 Å². The van der Waals surface area contributed by atoms with Gasteiger partial charge in [0.2, 0.25) is 0 Å². The molecule has 1 aliphatic heterocycles. The summed E-state index contributed by atoms with van der Waals surface area (Å²) in [5, 5.41) is 8.68. The van der Waals surface area contributed by atoms with Gasteiger partial charge in [-0.2, -0.15) is 0 Å². The lowest BCUT2D eigenvalue weighted by molar-refractivity contribution is 0.0858. The third-order valence-corrected chi connectivity index (χ3v) is 5.87. The highest BCUT2D eigenvalue weighted by Crippen LogP contribution is 2.26. The van der Waals surface area contributed by atoms with E-state index < -0.39 is 0 Å². The topological polar surface area (TPSA) is 80.3 Å². The Bertz CT molecular complexity index is 1060. The highest BCUT2D eigenvalue weighted by Gasteiger charge is 2.19. The van der Waals surface area contributed by atoms with Crippen molar-refractivity contribution in [2.75, 3.05) is 18.5 Å². The van der Waals surface area contributed by atoms with Crippen molar-refractivity contribution in [3.63, 3.8) is 0 Å². The minimum absolute atomic E-state index is 0.0515. The standard InChI is InChI=1S/C22H20ClN3O3S/c23-15-6-3-5-14(11-15)22-26-19(13-30-22)21(28)25-18-9-2-1-8-17(18)20(27)24-12-16-7-4-10-29-16/h1-3,5-6,8-9,11,13,16H,4,7,10,12H2,(H,24,27)(H,25,28). The molecule has 1 fully saturated rings. The number of nitrogens with one attached hydrogen (secondary N) is 2. The molecule has 1 unspecified atom stereocenters. The van der Waals surface area contributed by atoms with Crippen molar-refractivity contribution < 1.29 is 14.3 Å². The Morgan fingerprint density at radius 2 is 2.03 bits per heavy atom. The lowest BCUT2D eigenvalue weighted by atomic mass is 10.1. The lowest BCUT2D eigenvalue weighted by Crippen LogP contribution is -2.32. The maximum atomic E-state index is 12.7. The number of rotatable bonds is 6. The van der Waals surface area contributed by atoms with Crippen molar-refractivity contribution in [3.05, 3.63) is 70.2 Å². The van der Waals surface area contributed by atoms with Gasteiger partial charge in [0, 0.05) is 29.1 Å². The normalized spacial score (nSPS) is 15.7. The quantitative estimate of drug-likeness (QED) is 0.584. The second-order valence-electron chi connectivity index (χ2n) is 6.89. The monoisotopic (exact) mass is 441 g/mol. The van der Waals surface area contributed by atoms with E-state index in [2.05, 4.69) is 15.6 Å². The summed E-state index contributed by atoms with van der Waals surface area (Å²) < 4.78 is 5.54. The average molecular weight is 442 g/mol. The number of nitrogens with zero attached hydrogens (tertiary/aromatic N) is 1. The molecule has 0 aliphatic carbocycles. The molecule has 1 atom stereocenters. The molecule has 2 N–H and O–H groups in total. The van der Waals surface area contributed by atoms with Gasteiger partial charge in [-0.25, -0.2) is 4.98 Å². The Labute approximate surface area is 183 Å². The summed E-state index contributed by atoms with van der Waals surface area (Å²) >= 11 is 7.40. The molecule has 0 spiro atoms. The van der Waals surface area contributed by atoms with Gasteiger partial charge in [0.1, 0.15) is 10.7 Å². The molecule has 30 heavy (non-hydrogen) atoms. The van der Waals surface area contributed by atoms with Crippen molar-refractivity contribution in [2.24, 2.45) is 0 Å². The summed E-state index contributed by atoms with van der Waals surface area (Å²) in [6.07, 6.45) is 2.01. The molecule has 4 rings (SSSR count). The van der Waals surface area contributed by atoms with E-state index in [0.29, 0.717) is 27.8 Å². The summed E-state index contributed by atoms with van der Waals surface area (Å²) in [5.74, 6) is -0.627. The molecule has 1 saturated heterocycles. The second-order valence-corrected chi connectivity index (χ2v) is 8.19. The number of amides is 2. The first kappa shape index (κ1) is 20.5. The van der Waals surface area contributed by atoms with E-state index in [1.807, 2.05) is 12.1 Å². The van der Waals surface area contributed by atoms with E-state index in [1.165, 1.54) is 11.3 Å². The third kappa shape index (κ3) is 4.87. The molecule has 2 aromatic carbocycles. The van der Waals surface area contributed by atoms with Crippen LogP contribution in [0.1, 0.15) is 33.7 Å². The van der Waals surface area contributed by atoms with E-state index in [0.717, 1.165) is 25.0 Å². The van der Waals surface area contributed by atoms with Crippen LogP contribution >= 0.6 is 22.9 Å². The van der Waals surface area contributed by atoms with Gasteiger partial charge in [-0.1, -0.05) is 35.9 Å². The Kier molecular flexibility index (Phi) is 6.42. The number of carbonyl (C=O) groups is 2. The predicted octanol–water partition coefficient (Wildman–Crippen LogP) is 4.62. The number of para-hydroxylation sites is 1. The summed E-state index contributed by atoms with van der Waals surface area (Å²) in [6.45, 7) is 1.19. The Hall–Kier alpha value is -2.74. The van der Waals surface area contributed by atoms with Gasteiger partial charge in [-0.05, 0) is 37.1 Å². The Balaban J connectivity index is 1.45. The minimum Gasteiger partial charge on any atom is -0.376 e. The number of ether oxygens (including phenoxy) is 1. The maximum absolute atomic E-state index is 12.7. The number of aromatic nitrogens is 1. The molecule has 1 aromatic heterocycles. The van der Waals surface area contributed by atoms with Gasteiger partial charge in [-0.3, -0.25) is 9.59 Å². The number of halogens is 1. The SMILES string of the molecule is O=C(Nc1ccccc1C(=O)NCC1CCCO1)c1csc(-c2cccc(Cl)c2)n1. The van der Waals surface area contributed by atoms with Crippen LogP contribution in [-0.2, 0) is 4.74 Å². The fourth-order valence-corrected chi connectivity index (χ4v) is 4.20. The molecular formula is C22H20ClN3O3S. The molecule has 0 saturated carbocycles. The van der Waals surface area contributed by atoms with Crippen LogP contribution < -0.4 is 10.6 Å². The number of anilines is 1. The van der Waals surface area contributed by atoms with Gasteiger partial charge in [0.15, 0.2) is 0 Å². The zero-order valence-corrected chi connectivity index (χ0v) is 17.6. The van der Waals surface area contributed by atoms with Crippen molar-refractivity contribution in [1.82, 2.24) is 10.3 Å². The molecule has 3 aromatic rings. The highest BCUT2D eigenvalue weighted by atomic mass is 35.5. The van der Waals surface area contributed by atoms with Crippen LogP contribution in [0.25, 0.3) is 10.6 Å². The van der Waals surface area contributed by atoms with Crippen LogP contribution in [0.4, 0.5) is 5.69 Å². The van der Waals surface area contributed by atoms with Crippen LogP contribution in [-0.4, -0.2) is 36.1 Å². The molecule has 0 radical (unpaired) electrons. The number of hydrogen-bond acceptors (Lipinski definition) is 5. The Morgan fingerprint density at radius 3 is 2.83 bits per heavy atom. The van der Waals surface area contributed by atoms with E-state index in [-0.39, 0.29) is 23.6 Å². The largest absolute Gasteiger partial charge is 0.376 e. The number of hydrogen-bond donors (Lipinski definition) is 2. The first-order valence-electron chi connectivity index (χ1n) is 9.62. The van der Waals surface area contributed by atoms with E-state index >= 15 is 0 Å². The maximum Gasteiger partial charge on any atom is 0.275 e. The fourth-order valence-electron chi connectivity index (χ4n) is 3.22. The van der Waals surface area contributed by atoms with Gasteiger partial charge in [0.05, 0.1) is 17.4 Å². The number of benzene rings is 2. The zero-order valence-electron chi connectivity index (χ0n) is 16.1. The van der Waals surface area contributed by atoms with E-state index in [9.17, 15) is 9.59 Å². The van der Waals surface area contributed by atoms with E-state index in [1.54, 1.807) is 41.8 Å². The molecule has 8 heteroatoms. The molecule has 1 aliphatic rings. The van der Waals surface area contributed by atoms with Crippen molar-refractivity contribution in [2.45, 2.75) is 18.9 Å². The number of carbonyl (C=O) groups excluding carboxylic acids is 2. The van der Waals surface area contributed by atoms with Gasteiger partial charge in [0.25, 0.3) is 11.8 Å². The van der Waals surface area contributed by atoms with Crippen LogP contribution in [0.2, 0.25) is 5.02 Å². The highest BCUT2D eigenvalue weighted by molar-refractivity contribution is 7.13. The summed E-state index contributed by atoms with van der Waals surface area (Å²) in [6, 6.07) is 14.2. The van der Waals surface area contributed by atoms with Crippen molar-refractivity contribution in [1.29, 1.82) is 0 Å². The second kappa shape index (κ2) is 9.38. The minimum atomic E-state index is -0.376. The predicted molar refractivity (Wildman–Crippen MR) is 118 cm³/mol. The summed E-state index contributed by atoms with van der Waals surface area (Å²) in [4.78, 5) is 29.8. The first-order valence-corrected chi connectivity index (χ1v) is 10.9. The van der Waals surface area contributed by atoms with Crippen LogP contribution in [0.3, 0.4) is 0 Å². The van der Waals surface area contributed by atoms with Gasteiger partial charge < -0.3 is 15.4 Å².